The summed E-state index contributed by atoms with van der Waals surface area (Å²) in [4.78, 5) is 0. The van der Waals surface area contributed by atoms with Gasteiger partial charge < -0.3 is 0 Å². The molecule has 1 heteroatoms. The van der Waals surface area contributed by atoms with Gasteiger partial charge in [0.1, 0.15) is 0 Å². The summed E-state index contributed by atoms with van der Waals surface area (Å²) in [5.74, 6) is 0. The molecule has 2 aliphatic rings. The topological polar surface area (TPSA) is 0 Å². The van der Waals surface area contributed by atoms with Crippen molar-refractivity contribution < 1.29 is 0 Å². The monoisotopic (exact) mass is 282 g/mol. The predicted octanol–water partition coefficient (Wildman–Crippen LogP) is 3.75. The molecule has 0 saturated carbocycles. The molecular formula is C12H18Sn. The summed E-state index contributed by atoms with van der Waals surface area (Å²) in [6.45, 7) is 0. The van der Waals surface area contributed by atoms with Gasteiger partial charge in [0.2, 0.25) is 0 Å². The Labute approximate surface area is 91.7 Å². The van der Waals surface area contributed by atoms with Crippen LogP contribution in [0.25, 0.3) is 0 Å². The van der Waals surface area contributed by atoms with Crippen LogP contribution >= 0.6 is 0 Å². The summed E-state index contributed by atoms with van der Waals surface area (Å²) >= 11 is -0.137. The summed E-state index contributed by atoms with van der Waals surface area (Å²) < 4.78 is 2.12. The zero-order valence-electron chi connectivity index (χ0n) is 8.21. The van der Waals surface area contributed by atoms with Crippen molar-refractivity contribution in [1.82, 2.24) is 0 Å². The van der Waals surface area contributed by atoms with Gasteiger partial charge in [0.15, 0.2) is 0 Å². The van der Waals surface area contributed by atoms with Crippen LogP contribution in [0.5, 0.6) is 0 Å². The first-order valence-electron chi connectivity index (χ1n) is 5.54. The molecule has 0 amide bonds. The summed E-state index contributed by atoms with van der Waals surface area (Å²) in [6.07, 6.45) is 18.5. The molecule has 0 saturated heterocycles. The van der Waals surface area contributed by atoms with Crippen LogP contribution in [0.1, 0.15) is 38.5 Å². The molecule has 2 atom stereocenters. The van der Waals surface area contributed by atoms with Crippen LogP contribution in [0.3, 0.4) is 0 Å². The summed E-state index contributed by atoms with van der Waals surface area (Å²) in [6, 6.07) is 0. The zero-order chi connectivity index (χ0) is 8.93. The van der Waals surface area contributed by atoms with E-state index in [0.29, 0.717) is 0 Å². The van der Waals surface area contributed by atoms with Gasteiger partial charge in [0, 0.05) is 0 Å². The van der Waals surface area contributed by atoms with Crippen molar-refractivity contribution in [3.05, 3.63) is 24.3 Å². The Bertz CT molecular complexity index is 183. The van der Waals surface area contributed by atoms with Crippen molar-refractivity contribution in [2.45, 2.75) is 46.4 Å². The minimum absolute atomic E-state index is 0.137. The Morgan fingerprint density at radius 2 is 1.38 bits per heavy atom. The van der Waals surface area contributed by atoms with Crippen LogP contribution in [0.15, 0.2) is 24.3 Å². The van der Waals surface area contributed by atoms with E-state index in [1.807, 2.05) is 0 Å². The first kappa shape index (κ1) is 9.82. The van der Waals surface area contributed by atoms with E-state index >= 15 is 0 Å². The SMILES string of the molecule is C1=C[CH]([Sn][CH]2C=CCCC2)CCC1. The van der Waals surface area contributed by atoms with Crippen molar-refractivity contribution >= 4 is 21.1 Å². The average Bonchev–Trinajstić information content (AvgIpc) is 2.21. The van der Waals surface area contributed by atoms with Gasteiger partial charge in [-0.15, -0.1) is 0 Å². The van der Waals surface area contributed by atoms with Crippen LogP contribution in [0.2, 0.25) is 7.87 Å². The van der Waals surface area contributed by atoms with Crippen molar-refractivity contribution in [3.8, 4) is 0 Å². The quantitative estimate of drug-likeness (QED) is 0.534. The summed E-state index contributed by atoms with van der Waals surface area (Å²) in [7, 11) is 0. The van der Waals surface area contributed by atoms with Crippen molar-refractivity contribution in [1.29, 1.82) is 0 Å². The molecule has 70 valence electrons. The molecule has 2 unspecified atom stereocenters. The number of rotatable bonds is 2. The van der Waals surface area contributed by atoms with E-state index in [9.17, 15) is 0 Å². The van der Waals surface area contributed by atoms with E-state index in [2.05, 4.69) is 24.3 Å². The van der Waals surface area contributed by atoms with Gasteiger partial charge in [-0.2, -0.15) is 0 Å². The second kappa shape index (κ2) is 5.23. The van der Waals surface area contributed by atoms with Crippen LogP contribution in [0.4, 0.5) is 0 Å². The molecule has 0 fully saturated rings. The van der Waals surface area contributed by atoms with E-state index in [4.69, 9.17) is 0 Å². The molecule has 13 heavy (non-hydrogen) atoms. The Balaban J connectivity index is 1.82. The maximum absolute atomic E-state index is 2.53. The molecule has 0 aromatic heterocycles. The van der Waals surface area contributed by atoms with Crippen LogP contribution in [-0.4, -0.2) is 21.1 Å². The number of allylic oxidation sites excluding steroid dienone is 4. The maximum atomic E-state index is 2.53. The predicted molar refractivity (Wildman–Crippen MR) is 59.2 cm³/mol. The van der Waals surface area contributed by atoms with Gasteiger partial charge in [-0.05, 0) is 0 Å². The molecule has 0 nitrogen and oxygen atoms in total. The van der Waals surface area contributed by atoms with Crippen LogP contribution in [-0.2, 0) is 0 Å². The Hall–Kier alpha value is 0.279. The van der Waals surface area contributed by atoms with E-state index in [0.717, 1.165) is 7.87 Å². The molecule has 0 aromatic rings. The molecular weight excluding hydrogens is 263 g/mol. The zero-order valence-corrected chi connectivity index (χ0v) is 11.1. The van der Waals surface area contributed by atoms with Gasteiger partial charge in [-0.25, -0.2) is 0 Å². The normalized spacial score (nSPS) is 33.5. The molecule has 0 aliphatic heterocycles. The van der Waals surface area contributed by atoms with Crippen LogP contribution in [0, 0.1) is 0 Å². The Kier molecular flexibility index (Phi) is 3.95. The van der Waals surface area contributed by atoms with E-state index in [1.165, 1.54) is 38.5 Å². The third kappa shape index (κ3) is 3.15. The van der Waals surface area contributed by atoms with Gasteiger partial charge in [-0.1, -0.05) is 0 Å². The molecule has 2 rings (SSSR count). The second-order valence-electron chi connectivity index (χ2n) is 4.10. The second-order valence-corrected chi connectivity index (χ2v) is 9.28. The third-order valence-corrected chi connectivity index (χ3v) is 8.13. The molecule has 0 aromatic carbocycles. The summed E-state index contributed by atoms with van der Waals surface area (Å²) in [5, 5.41) is 0. The number of hydrogen-bond acceptors (Lipinski definition) is 0. The summed E-state index contributed by atoms with van der Waals surface area (Å²) in [5.41, 5.74) is 0. The molecule has 0 spiro atoms. The number of hydrogen-bond donors (Lipinski definition) is 0. The van der Waals surface area contributed by atoms with E-state index in [1.54, 1.807) is 0 Å². The third-order valence-electron chi connectivity index (χ3n) is 2.94. The van der Waals surface area contributed by atoms with Gasteiger partial charge in [0.05, 0.1) is 0 Å². The fourth-order valence-electron chi connectivity index (χ4n) is 2.18. The first-order valence-corrected chi connectivity index (χ1v) is 8.84. The van der Waals surface area contributed by atoms with Crippen molar-refractivity contribution in [2.75, 3.05) is 0 Å². The molecule has 0 bridgehead atoms. The van der Waals surface area contributed by atoms with Gasteiger partial charge in [-0.3, -0.25) is 0 Å². The van der Waals surface area contributed by atoms with Crippen LogP contribution < -0.4 is 0 Å². The average molecular weight is 281 g/mol. The van der Waals surface area contributed by atoms with Crippen molar-refractivity contribution in [2.24, 2.45) is 0 Å². The van der Waals surface area contributed by atoms with Crippen molar-refractivity contribution in [3.63, 3.8) is 0 Å². The van der Waals surface area contributed by atoms with E-state index < -0.39 is 0 Å². The molecule has 2 radical (unpaired) electrons. The van der Waals surface area contributed by atoms with Gasteiger partial charge >= 0.3 is 91.8 Å². The molecule has 0 heterocycles. The Morgan fingerprint density at radius 3 is 1.77 bits per heavy atom. The fourth-order valence-corrected chi connectivity index (χ4v) is 7.27. The fraction of sp³-hybridized carbons (Fsp3) is 0.667. The Morgan fingerprint density at radius 1 is 0.846 bits per heavy atom. The first-order chi connectivity index (χ1) is 6.45. The van der Waals surface area contributed by atoms with Gasteiger partial charge in [0.25, 0.3) is 0 Å². The van der Waals surface area contributed by atoms with E-state index in [-0.39, 0.29) is 21.1 Å². The molecule has 0 N–H and O–H groups in total. The molecule has 2 aliphatic carbocycles. The standard InChI is InChI=1S/2C6H9.Sn/c2*1-2-4-6-5-3-1;/h2*1-3H,4-6H2;. The minimum atomic E-state index is -0.137.